The van der Waals surface area contributed by atoms with Gasteiger partial charge in [-0.25, -0.2) is 0 Å². The van der Waals surface area contributed by atoms with Gasteiger partial charge in [-0.05, 0) is 49.4 Å². The molecule has 2 atom stereocenters. The van der Waals surface area contributed by atoms with E-state index in [0.29, 0.717) is 25.2 Å². The first-order chi connectivity index (χ1) is 13.7. The summed E-state index contributed by atoms with van der Waals surface area (Å²) in [7, 11) is 0. The van der Waals surface area contributed by atoms with Crippen LogP contribution in [0, 0.1) is 5.92 Å². The van der Waals surface area contributed by atoms with Gasteiger partial charge in [-0.2, -0.15) is 0 Å². The van der Waals surface area contributed by atoms with Crippen LogP contribution < -0.4 is 15.8 Å². The van der Waals surface area contributed by atoms with Crippen LogP contribution >= 0.6 is 11.3 Å². The van der Waals surface area contributed by atoms with E-state index in [1.807, 2.05) is 29.5 Å². The van der Waals surface area contributed by atoms with Crippen molar-refractivity contribution >= 4 is 17.3 Å². The number of hydrogen-bond acceptors (Lipinski definition) is 4. The van der Waals surface area contributed by atoms with Crippen molar-refractivity contribution in [2.24, 2.45) is 16.6 Å². The molecule has 2 aliphatic rings. The third-order valence-electron chi connectivity index (χ3n) is 5.85. The van der Waals surface area contributed by atoms with Crippen LogP contribution in [-0.4, -0.2) is 37.1 Å². The highest BCUT2D eigenvalue weighted by Crippen LogP contribution is 2.32. The smallest absolute Gasteiger partial charge is 0.189 e. The molecule has 1 aromatic carbocycles. The number of benzene rings is 1. The normalized spacial score (nSPS) is 22.3. The number of fused-ring (bicyclic) bond motifs is 1. The van der Waals surface area contributed by atoms with Crippen molar-refractivity contribution in [3.05, 3.63) is 52.2 Å². The third-order valence-corrected chi connectivity index (χ3v) is 6.82. The van der Waals surface area contributed by atoms with Gasteiger partial charge in [-0.1, -0.05) is 31.2 Å². The minimum absolute atomic E-state index is 0.157. The number of likely N-dealkylation sites (tertiary alicyclic amines) is 1. The molecule has 2 unspecified atom stereocenters. The average molecular weight is 399 g/mol. The lowest BCUT2D eigenvalue weighted by Gasteiger charge is -2.35. The predicted molar refractivity (Wildman–Crippen MR) is 116 cm³/mol. The fourth-order valence-electron chi connectivity index (χ4n) is 4.11. The minimum Gasteiger partial charge on any atom is -0.493 e. The first kappa shape index (κ1) is 19.3. The van der Waals surface area contributed by atoms with Gasteiger partial charge in [0.15, 0.2) is 5.96 Å². The van der Waals surface area contributed by atoms with Gasteiger partial charge in [0, 0.05) is 16.9 Å². The molecular weight excluding hydrogens is 368 g/mol. The molecule has 1 fully saturated rings. The lowest BCUT2D eigenvalue weighted by molar-refractivity contribution is 0.143. The number of piperidine rings is 1. The van der Waals surface area contributed by atoms with Gasteiger partial charge in [0.2, 0.25) is 0 Å². The molecule has 4 rings (SSSR count). The van der Waals surface area contributed by atoms with E-state index >= 15 is 0 Å². The van der Waals surface area contributed by atoms with Crippen LogP contribution in [0.5, 0.6) is 5.75 Å². The van der Waals surface area contributed by atoms with Crippen molar-refractivity contribution in [2.75, 3.05) is 26.2 Å². The number of rotatable bonds is 5. The van der Waals surface area contributed by atoms with Crippen LogP contribution in [0.4, 0.5) is 0 Å². The molecule has 3 heterocycles. The highest BCUT2D eigenvalue weighted by molar-refractivity contribution is 7.10. The van der Waals surface area contributed by atoms with E-state index in [1.54, 1.807) is 0 Å². The molecular formula is C22H30N4OS. The molecule has 150 valence electrons. The number of nitrogens with one attached hydrogen (secondary N) is 1. The maximum absolute atomic E-state index is 6.30. The van der Waals surface area contributed by atoms with Crippen LogP contribution in [0.25, 0.3) is 0 Å². The Bertz CT molecular complexity index is 784. The lowest BCUT2D eigenvalue weighted by Crippen LogP contribution is -2.40. The zero-order valence-corrected chi connectivity index (χ0v) is 17.3. The summed E-state index contributed by atoms with van der Waals surface area (Å²) < 4.78 is 5.74. The van der Waals surface area contributed by atoms with E-state index in [9.17, 15) is 0 Å². The van der Waals surface area contributed by atoms with Gasteiger partial charge in [0.05, 0.1) is 25.2 Å². The zero-order chi connectivity index (χ0) is 19.3. The molecule has 1 aromatic heterocycles. The van der Waals surface area contributed by atoms with E-state index in [-0.39, 0.29) is 6.04 Å². The second-order valence-electron chi connectivity index (χ2n) is 7.85. The van der Waals surface area contributed by atoms with Crippen molar-refractivity contribution in [1.29, 1.82) is 0 Å². The average Bonchev–Trinajstić information content (AvgIpc) is 3.24. The first-order valence-corrected chi connectivity index (χ1v) is 11.1. The van der Waals surface area contributed by atoms with Crippen LogP contribution in [0.3, 0.4) is 0 Å². The molecule has 3 N–H and O–H groups in total. The summed E-state index contributed by atoms with van der Waals surface area (Å²) in [6.07, 6.45) is 3.42. The minimum atomic E-state index is 0.157. The van der Waals surface area contributed by atoms with E-state index in [0.717, 1.165) is 36.7 Å². The highest BCUT2D eigenvalue weighted by atomic mass is 32.1. The standard InChI is InChI=1S/C22H30N4OS/c1-16-8-11-26(12-9-16)19(21-7-4-14-28-21)15-24-22(23)25-18-10-13-27-20-6-3-2-5-17(18)20/h2-7,14,16,18-19H,8-13,15H2,1H3,(H3,23,24,25). The van der Waals surface area contributed by atoms with Crippen molar-refractivity contribution in [1.82, 2.24) is 10.2 Å². The highest BCUT2D eigenvalue weighted by Gasteiger charge is 2.26. The van der Waals surface area contributed by atoms with Crippen molar-refractivity contribution in [3.8, 4) is 5.75 Å². The molecule has 0 spiro atoms. The maximum Gasteiger partial charge on any atom is 0.189 e. The number of nitrogens with zero attached hydrogens (tertiary/aromatic N) is 2. The number of guanidine groups is 1. The largest absolute Gasteiger partial charge is 0.493 e. The summed E-state index contributed by atoms with van der Waals surface area (Å²) >= 11 is 1.81. The Labute approximate surface area is 171 Å². The van der Waals surface area contributed by atoms with Gasteiger partial charge in [-0.3, -0.25) is 9.89 Å². The lowest BCUT2D eigenvalue weighted by atomic mass is 9.97. The molecule has 0 aliphatic carbocycles. The van der Waals surface area contributed by atoms with Gasteiger partial charge >= 0.3 is 0 Å². The van der Waals surface area contributed by atoms with E-state index in [4.69, 9.17) is 15.5 Å². The first-order valence-electron chi connectivity index (χ1n) is 10.3. The van der Waals surface area contributed by atoms with Crippen molar-refractivity contribution < 1.29 is 4.74 Å². The Morgan fingerprint density at radius 3 is 2.86 bits per heavy atom. The summed E-state index contributed by atoms with van der Waals surface area (Å²) in [5.74, 6) is 2.29. The molecule has 2 aromatic rings. The predicted octanol–water partition coefficient (Wildman–Crippen LogP) is 3.95. The van der Waals surface area contributed by atoms with E-state index in [2.05, 4.69) is 40.7 Å². The molecule has 2 aliphatic heterocycles. The van der Waals surface area contributed by atoms with Crippen molar-refractivity contribution in [2.45, 2.75) is 38.3 Å². The van der Waals surface area contributed by atoms with Crippen molar-refractivity contribution in [3.63, 3.8) is 0 Å². The number of hydrogen-bond donors (Lipinski definition) is 2. The van der Waals surface area contributed by atoms with Gasteiger partial charge in [-0.15, -0.1) is 11.3 Å². The Hall–Kier alpha value is -2.05. The third kappa shape index (κ3) is 4.50. The number of thiophene rings is 1. The van der Waals surface area contributed by atoms with Crippen LogP contribution in [0.15, 0.2) is 46.8 Å². The van der Waals surface area contributed by atoms with E-state index in [1.165, 1.54) is 17.7 Å². The Kier molecular flexibility index (Phi) is 6.17. The number of para-hydroxylation sites is 1. The molecule has 5 nitrogen and oxygen atoms in total. The summed E-state index contributed by atoms with van der Waals surface area (Å²) in [6.45, 7) is 6.02. The fraction of sp³-hybridized carbons (Fsp3) is 0.500. The Morgan fingerprint density at radius 2 is 2.07 bits per heavy atom. The topological polar surface area (TPSA) is 62.9 Å². The summed E-state index contributed by atoms with van der Waals surface area (Å²) in [5, 5.41) is 5.57. The molecule has 1 saturated heterocycles. The number of aliphatic imine (C=N–C) groups is 1. The van der Waals surface area contributed by atoms with Crippen LogP contribution in [0.2, 0.25) is 0 Å². The molecule has 0 amide bonds. The molecule has 0 saturated carbocycles. The Balaban J connectivity index is 1.43. The molecule has 0 radical (unpaired) electrons. The van der Waals surface area contributed by atoms with Crippen LogP contribution in [-0.2, 0) is 0 Å². The number of nitrogens with two attached hydrogens (primary N) is 1. The number of ether oxygens (including phenoxy) is 1. The van der Waals surface area contributed by atoms with Crippen LogP contribution in [0.1, 0.15) is 48.7 Å². The second kappa shape index (κ2) is 8.97. The molecule has 0 bridgehead atoms. The summed E-state index contributed by atoms with van der Waals surface area (Å²) in [5.41, 5.74) is 7.46. The van der Waals surface area contributed by atoms with Gasteiger partial charge in [0.25, 0.3) is 0 Å². The van der Waals surface area contributed by atoms with Gasteiger partial charge in [0.1, 0.15) is 5.75 Å². The van der Waals surface area contributed by atoms with E-state index < -0.39 is 0 Å². The fourth-order valence-corrected chi connectivity index (χ4v) is 4.96. The maximum atomic E-state index is 6.30. The summed E-state index contributed by atoms with van der Waals surface area (Å²) in [6, 6.07) is 13.0. The molecule has 6 heteroatoms. The summed E-state index contributed by atoms with van der Waals surface area (Å²) in [4.78, 5) is 8.70. The second-order valence-corrected chi connectivity index (χ2v) is 8.83. The van der Waals surface area contributed by atoms with Gasteiger partial charge < -0.3 is 15.8 Å². The monoisotopic (exact) mass is 398 g/mol. The Morgan fingerprint density at radius 1 is 1.25 bits per heavy atom. The SMILES string of the molecule is CC1CCN(C(CN=C(N)NC2CCOc3ccccc32)c2cccs2)CC1. The zero-order valence-electron chi connectivity index (χ0n) is 16.5. The molecule has 28 heavy (non-hydrogen) atoms. The quantitative estimate of drug-likeness (QED) is 0.591.